The van der Waals surface area contributed by atoms with E-state index in [1.165, 1.54) is 6.39 Å². The average molecular weight is 773 g/mol. The number of nitrogens with zero attached hydrogens (tertiary/aromatic N) is 5. The van der Waals surface area contributed by atoms with Gasteiger partial charge in [-0.25, -0.2) is 9.97 Å². The van der Waals surface area contributed by atoms with Crippen LogP contribution in [0.2, 0.25) is 0 Å². The first kappa shape index (κ1) is 27.9. The van der Waals surface area contributed by atoms with Gasteiger partial charge in [-0.1, -0.05) is 36.0 Å². The number of rotatable bonds is 5. The summed E-state index contributed by atoms with van der Waals surface area (Å²) >= 11 is 0. The van der Waals surface area contributed by atoms with E-state index in [1.54, 1.807) is 0 Å². The van der Waals surface area contributed by atoms with Gasteiger partial charge in [-0.05, 0) is 65.7 Å². The van der Waals surface area contributed by atoms with E-state index in [1.807, 2.05) is 84.9 Å². The number of anilines is 3. The van der Waals surface area contributed by atoms with Crippen molar-refractivity contribution in [2.75, 3.05) is 4.90 Å². The van der Waals surface area contributed by atoms with Crippen LogP contribution < -0.4 is 4.90 Å². The van der Waals surface area contributed by atoms with E-state index < -0.39 is 0 Å². The summed E-state index contributed by atoms with van der Waals surface area (Å²) in [5.74, 6) is 1.51. The summed E-state index contributed by atoms with van der Waals surface area (Å²) in [6, 6.07) is 51.5. The molecule has 0 aliphatic heterocycles. The Morgan fingerprint density at radius 1 is 0.630 bits per heavy atom. The molecule has 5 aromatic carbocycles. The third-order valence-corrected chi connectivity index (χ3v) is 8.18. The molecule has 0 unspecified atom stereocenters. The van der Waals surface area contributed by atoms with Crippen molar-refractivity contribution in [3.63, 3.8) is 0 Å². The Labute approximate surface area is 278 Å². The topological polar surface area (TPSA) is 60.0 Å². The summed E-state index contributed by atoms with van der Waals surface area (Å²) in [6.07, 6.45) is 1.50. The van der Waals surface area contributed by atoms with Crippen LogP contribution in [0.4, 0.5) is 17.3 Å². The van der Waals surface area contributed by atoms with E-state index in [4.69, 9.17) is 14.4 Å². The van der Waals surface area contributed by atoms with E-state index in [-0.39, 0.29) is 21.1 Å². The second kappa shape index (κ2) is 11.4. The van der Waals surface area contributed by atoms with Gasteiger partial charge in [0.1, 0.15) is 22.8 Å². The Morgan fingerprint density at radius 2 is 1.41 bits per heavy atom. The molecule has 9 aromatic rings. The summed E-state index contributed by atoms with van der Waals surface area (Å²) in [4.78, 5) is 17.1. The molecule has 0 fully saturated rings. The number of para-hydroxylation sites is 2. The average Bonchev–Trinajstić information content (AvgIpc) is 3.73. The second-order valence-corrected chi connectivity index (χ2v) is 10.8. The molecule has 0 aliphatic carbocycles. The fraction of sp³-hybridized carbons (Fsp3) is 0. The van der Waals surface area contributed by atoms with Crippen LogP contribution in [0.5, 0.6) is 0 Å². The van der Waals surface area contributed by atoms with Gasteiger partial charge in [0.2, 0.25) is 0 Å². The fourth-order valence-corrected chi connectivity index (χ4v) is 6.21. The van der Waals surface area contributed by atoms with E-state index in [2.05, 4.69) is 75.1 Å². The summed E-state index contributed by atoms with van der Waals surface area (Å²) < 4.78 is 7.80. The van der Waals surface area contributed by atoms with Crippen molar-refractivity contribution in [1.29, 1.82) is 0 Å². The maximum absolute atomic E-state index is 5.62. The predicted octanol–water partition coefficient (Wildman–Crippen LogP) is 9.60. The van der Waals surface area contributed by atoms with Gasteiger partial charge in [-0.15, -0.1) is 42.0 Å². The minimum absolute atomic E-state index is 0. The van der Waals surface area contributed by atoms with Crippen LogP contribution in [0, 0.1) is 12.1 Å². The van der Waals surface area contributed by atoms with Crippen LogP contribution >= 0.6 is 0 Å². The largest absolute Gasteiger partial charge is 2.00 e. The van der Waals surface area contributed by atoms with Crippen LogP contribution in [0.1, 0.15) is 0 Å². The van der Waals surface area contributed by atoms with E-state index in [0.717, 1.165) is 78.1 Å². The number of fused-ring (bicyclic) bond motifs is 7. The second-order valence-electron chi connectivity index (χ2n) is 10.8. The van der Waals surface area contributed by atoms with Gasteiger partial charge >= 0.3 is 21.1 Å². The first-order valence-corrected chi connectivity index (χ1v) is 14.7. The predicted molar refractivity (Wildman–Crippen MR) is 179 cm³/mol. The van der Waals surface area contributed by atoms with Crippen LogP contribution in [-0.2, 0) is 21.1 Å². The SMILES string of the molecule is [Pt+2].[c-]1ccccc1-c1cccc(N(c2ccccc2)c2ccc3c4c5ccc6ocnc6c5ccc4n(-c4[c-]cccc4)c3n2)n1. The molecule has 0 saturated heterocycles. The number of hydrogen-bond donors (Lipinski definition) is 0. The zero-order valence-electron chi connectivity index (χ0n) is 24.2. The maximum atomic E-state index is 5.62. The molecular weight excluding hydrogens is 750 g/mol. The van der Waals surface area contributed by atoms with Crippen molar-refractivity contribution in [1.82, 2.24) is 19.5 Å². The summed E-state index contributed by atoms with van der Waals surface area (Å²) in [7, 11) is 0. The molecule has 46 heavy (non-hydrogen) atoms. The molecule has 0 aliphatic rings. The van der Waals surface area contributed by atoms with Gasteiger partial charge in [-0.3, -0.25) is 9.88 Å². The minimum atomic E-state index is 0. The molecule has 7 heteroatoms. The van der Waals surface area contributed by atoms with Crippen LogP contribution in [0.25, 0.3) is 60.8 Å². The quantitative estimate of drug-likeness (QED) is 0.163. The minimum Gasteiger partial charge on any atom is -0.443 e. The molecule has 4 aromatic heterocycles. The van der Waals surface area contributed by atoms with Crippen molar-refractivity contribution in [2.45, 2.75) is 0 Å². The van der Waals surface area contributed by atoms with Gasteiger partial charge < -0.3 is 8.98 Å². The van der Waals surface area contributed by atoms with E-state index in [9.17, 15) is 0 Å². The van der Waals surface area contributed by atoms with Gasteiger partial charge in [0.25, 0.3) is 0 Å². The normalized spacial score (nSPS) is 11.3. The Hall–Kier alpha value is -5.58. The zero-order valence-corrected chi connectivity index (χ0v) is 26.5. The van der Waals surface area contributed by atoms with Gasteiger partial charge in [0.05, 0.1) is 5.52 Å². The van der Waals surface area contributed by atoms with Crippen LogP contribution in [-0.4, -0.2) is 19.5 Å². The monoisotopic (exact) mass is 772 g/mol. The molecular formula is C39H23N5OPt. The molecule has 9 rings (SSSR count). The fourth-order valence-electron chi connectivity index (χ4n) is 6.21. The number of aromatic nitrogens is 4. The Bertz CT molecular complexity index is 2490. The van der Waals surface area contributed by atoms with Gasteiger partial charge in [-0.2, -0.15) is 24.3 Å². The summed E-state index contributed by atoms with van der Waals surface area (Å²) in [5, 5.41) is 4.28. The van der Waals surface area contributed by atoms with Crippen molar-refractivity contribution in [2.24, 2.45) is 0 Å². The Kier molecular flexibility index (Phi) is 6.93. The molecule has 6 nitrogen and oxygen atoms in total. The molecule has 220 valence electrons. The van der Waals surface area contributed by atoms with E-state index >= 15 is 0 Å². The van der Waals surface area contributed by atoms with Crippen LogP contribution in [0.15, 0.2) is 144 Å². The summed E-state index contributed by atoms with van der Waals surface area (Å²) in [5.41, 5.74) is 7.13. The number of hydrogen-bond acceptors (Lipinski definition) is 5. The van der Waals surface area contributed by atoms with Crippen molar-refractivity contribution >= 4 is 61.1 Å². The molecule has 4 heterocycles. The standard InChI is InChI=1S/C39H23N5O.Pt/c1-4-11-26(12-5-1)32-17-10-18-35(41-32)44(28-15-8-3-9-16-28)36-24-21-31-37-29-20-23-34-38(40-25-45-34)30(29)19-22-33(37)43(39(31)42-36)27-13-6-2-7-14-27;/h1-11,13,15-25H;/q-2;+2. The van der Waals surface area contributed by atoms with Gasteiger partial charge in [0, 0.05) is 21.8 Å². The number of benzene rings is 5. The smallest absolute Gasteiger partial charge is 0.443 e. The van der Waals surface area contributed by atoms with Gasteiger partial charge in [0.15, 0.2) is 12.0 Å². The molecule has 0 spiro atoms. The molecule has 0 bridgehead atoms. The Morgan fingerprint density at radius 3 is 2.24 bits per heavy atom. The molecule has 0 radical (unpaired) electrons. The van der Waals surface area contributed by atoms with E-state index in [0.29, 0.717) is 0 Å². The van der Waals surface area contributed by atoms with Crippen LogP contribution in [0.3, 0.4) is 0 Å². The summed E-state index contributed by atoms with van der Waals surface area (Å²) in [6.45, 7) is 0. The first-order chi connectivity index (χ1) is 22.3. The molecule has 0 amide bonds. The van der Waals surface area contributed by atoms with Crippen molar-refractivity contribution < 1.29 is 25.5 Å². The molecule has 0 saturated carbocycles. The van der Waals surface area contributed by atoms with Crippen molar-refractivity contribution in [3.8, 4) is 16.9 Å². The molecule has 0 N–H and O–H groups in total. The Balaban J connectivity index is 0.00000312. The number of pyridine rings is 2. The van der Waals surface area contributed by atoms with Crippen molar-refractivity contribution in [3.05, 3.63) is 152 Å². The third-order valence-electron chi connectivity index (χ3n) is 8.18. The third kappa shape index (κ3) is 4.49. The maximum Gasteiger partial charge on any atom is 2.00 e. The first-order valence-electron chi connectivity index (χ1n) is 14.7. The zero-order chi connectivity index (χ0) is 29.7. The molecule has 0 atom stereocenters. The number of oxazole rings is 1.